The van der Waals surface area contributed by atoms with E-state index < -0.39 is 5.97 Å². The smallest absolute Gasteiger partial charge is 0.331 e. The maximum atomic E-state index is 11.8. The summed E-state index contributed by atoms with van der Waals surface area (Å²) in [7, 11) is 1.49. The maximum absolute atomic E-state index is 11.8. The number of nitriles is 1. The molecule has 0 atom stereocenters. The Hall–Kier alpha value is -2.68. The Labute approximate surface area is 161 Å². The first kappa shape index (κ1) is 19.6. The van der Waals surface area contributed by atoms with E-state index in [0.717, 1.165) is 11.1 Å². The minimum absolute atomic E-state index is 0.0768. The highest BCUT2D eigenvalue weighted by Crippen LogP contribution is 2.28. The van der Waals surface area contributed by atoms with Crippen LogP contribution >= 0.6 is 23.2 Å². The zero-order valence-corrected chi connectivity index (χ0v) is 15.4. The molecule has 134 valence electrons. The average molecular weight is 392 g/mol. The third-order valence-corrected chi connectivity index (χ3v) is 4.00. The number of methoxy groups -OCH3 is 1. The number of halogens is 2. The highest BCUT2D eigenvalue weighted by molar-refractivity contribution is 6.42. The predicted molar refractivity (Wildman–Crippen MR) is 99.4 cm³/mol. The quantitative estimate of drug-likeness (QED) is 0.506. The summed E-state index contributed by atoms with van der Waals surface area (Å²) in [6.07, 6.45) is 2.90. The van der Waals surface area contributed by atoms with E-state index in [0.29, 0.717) is 21.5 Å². The number of hydrogen-bond donors (Lipinski definition) is 0. The molecule has 7 heteroatoms. The molecule has 2 aromatic carbocycles. The molecule has 5 nitrogen and oxygen atoms in total. The van der Waals surface area contributed by atoms with Gasteiger partial charge in [-0.25, -0.2) is 4.79 Å². The molecular weight excluding hydrogens is 377 g/mol. The third-order valence-electron chi connectivity index (χ3n) is 3.26. The second-order valence-corrected chi connectivity index (χ2v) is 5.86. The number of hydrogen-bond acceptors (Lipinski definition) is 5. The van der Waals surface area contributed by atoms with Crippen LogP contribution in [0.2, 0.25) is 10.0 Å². The van der Waals surface area contributed by atoms with Gasteiger partial charge in [-0.2, -0.15) is 5.26 Å². The molecular formula is C19H15Cl2NO4. The Kier molecular flexibility index (Phi) is 7.34. The molecule has 2 aromatic rings. The number of ether oxygens (including phenoxy) is 3. The van der Waals surface area contributed by atoms with Crippen LogP contribution in [0.1, 0.15) is 11.1 Å². The monoisotopic (exact) mass is 391 g/mol. The minimum Gasteiger partial charge on any atom is -0.493 e. The van der Waals surface area contributed by atoms with Crippen LogP contribution in [0.5, 0.6) is 11.5 Å². The summed E-state index contributed by atoms with van der Waals surface area (Å²) in [6, 6.07) is 12.0. The van der Waals surface area contributed by atoms with Crippen LogP contribution in [0.25, 0.3) is 6.08 Å². The summed E-state index contributed by atoms with van der Waals surface area (Å²) < 4.78 is 15.6. The normalized spacial score (nSPS) is 10.4. The van der Waals surface area contributed by atoms with Crippen LogP contribution in [0.4, 0.5) is 0 Å². The van der Waals surface area contributed by atoms with E-state index in [1.165, 1.54) is 13.2 Å². The summed E-state index contributed by atoms with van der Waals surface area (Å²) in [5.41, 5.74) is 1.46. The van der Waals surface area contributed by atoms with Crippen molar-refractivity contribution in [1.82, 2.24) is 0 Å². The van der Waals surface area contributed by atoms with E-state index in [-0.39, 0.29) is 13.2 Å². The molecule has 0 unspecified atom stereocenters. The summed E-state index contributed by atoms with van der Waals surface area (Å²) in [5, 5.41) is 9.41. The Morgan fingerprint density at radius 1 is 1.15 bits per heavy atom. The Balaban J connectivity index is 1.96. The van der Waals surface area contributed by atoms with E-state index >= 15 is 0 Å². The number of rotatable bonds is 7. The first-order chi connectivity index (χ1) is 12.5. The van der Waals surface area contributed by atoms with Crippen LogP contribution in [0.15, 0.2) is 42.5 Å². The highest BCUT2D eigenvalue weighted by Gasteiger charge is 2.06. The van der Waals surface area contributed by atoms with Crippen molar-refractivity contribution in [1.29, 1.82) is 5.26 Å². The molecule has 0 heterocycles. The topological polar surface area (TPSA) is 68.6 Å². The molecule has 0 saturated carbocycles. The molecule has 2 rings (SSSR count). The SMILES string of the molecule is COc1cc(C=CC(=O)OCc2ccc(Cl)c(Cl)c2)ccc1OCC#N. The zero-order chi connectivity index (χ0) is 18.9. The summed E-state index contributed by atoms with van der Waals surface area (Å²) >= 11 is 11.8. The lowest BCUT2D eigenvalue weighted by Crippen LogP contribution is -2.01. The van der Waals surface area contributed by atoms with Gasteiger partial charge in [-0.3, -0.25) is 0 Å². The number of benzene rings is 2. The maximum Gasteiger partial charge on any atom is 0.331 e. The molecule has 0 aliphatic heterocycles. The van der Waals surface area contributed by atoms with E-state index in [4.69, 9.17) is 42.7 Å². The van der Waals surface area contributed by atoms with Crippen molar-refractivity contribution in [2.75, 3.05) is 13.7 Å². The van der Waals surface area contributed by atoms with Crippen LogP contribution < -0.4 is 9.47 Å². The van der Waals surface area contributed by atoms with Gasteiger partial charge in [-0.15, -0.1) is 0 Å². The van der Waals surface area contributed by atoms with Gasteiger partial charge in [0, 0.05) is 6.08 Å². The standard InChI is InChI=1S/C19H15Cl2NO4/c1-24-18-11-13(3-6-17(18)25-9-8-22)4-7-19(23)26-12-14-2-5-15(20)16(21)10-14/h2-7,10-11H,9,12H2,1H3. The van der Waals surface area contributed by atoms with Gasteiger partial charge in [0.15, 0.2) is 18.1 Å². The number of carbonyl (C=O) groups is 1. The average Bonchev–Trinajstić information content (AvgIpc) is 2.65. The summed E-state index contributed by atoms with van der Waals surface area (Å²) in [5.74, 6) is 0.416. The molecule has 0 saturated heterocycles. The van der Waals surface area contributed by atoms with Crippen molar-refractivity contribution in [3.63, 3.8) is 0 Å². The molecule has 0 aliphatic rings. The van der Waals surface area contributed by atoms with Gasteiger partial charge < -0.3 is 14.2 Å². The van der Waals surface area contributed by atoms with E-state index in [1.807, 2.05) is 6.07 Å². The Morgan fingerprint density at radius 2 is 1.96 bits per heavy atom. The Morgan fingerprint density at radius 3 is 2.65 bits per heavy atom. The van der Waals surface area contributed by atoms with Crippen molar-refractivity contribution >= 4 is 35.2 Å². The highest BCUT2D eigenvalue weighted by atomic mass is 35.5. The third kappa shape index (κ3) is 5.69. The molecule has 0 amide bonds. The van der Waals surface area contributed by atoms with Crippen molar-refractivity contribution in [3.05, 3.63) is 63.6 Å². The Bertz CT molecular complexity index is 859. The second kappa shape index (κ2) is 9.71. The van der Waals surface area contributed by atoms with Gasteiger partial charge in [0.25, 0.3) is 0 Å². The molecule has 0 spiro atoms. The van der Waals surface area contributed by atoms with E-state index in [1.54, 1.807) is 42.5 Å². The van der Waals surface area contributed by atoms with Crippen LogP contribution in [-0.2, 0) is 16.1 Å². The lowest BCUT2D eigenvalue weighted by Gasteiger charge is -2.08. The fourth-order valence-corrected chi connectivity index (χ4v) is 2.33. The number of nitrogens with zero attached hydrogens (tertiary/aromatic N) is 1. The largest absolute Gasteiger partial charge is 0.493 e. The summed E-state index contributed by atoms with van der Waals surface area (Å²) in [6.45, 7) is 0.0108. The van der Waals surface area contributed by atoms with Gasteiger partial charge >= 0.3 is 5.97 Å². The number of esters is 1. The van der Waals surface area contributed by atoms with Crippen molar-refractivity contribution < 1.29 is 19.0 Å². The van der Waals surface area contributed by atoms with E-state index in [9.17, 15) is 4.79 Å². The predicted octanol–water partition coefficient (Wildman–Crippen LogP) is 4.66. The molecule has 0 aliphatic carbocycles. The molecule has 0 bridgehead atoms. The minimum atomic E-state index is -0.500. The lowest BCUT2D eigenvalue weighted by molar-refractivity contribution is -0.138. The second-order valence-electron chi connectivity index (χ2n) is 5.05. The molecule has 0 fully saturated rings. The fraction of sp³-hybridized carbons (Fsp3) is 0.158. The van der Waals surface area contributed by atoms with Gasteiger partial charge in [0.2, 0.25) is 0 Å². The molecule has 0 radical (unpaired) electrons. The molecule has 26 heavy (non-hydrogen) atoms. The van der Waals surface area contributed by atoms with Gasteiger partial charge in [0.1, 0.15) is 12.7 Å². The van der Waals surface area contributed by atoms with Crippen molar-refractivity contribution in [2.45, 2.75) is 6.61 Å². The van der Waals surface area contributed by atoms with Crippen LogP contribution in [0, 0.1) is 11.3 Å². The summed E-state index contributed by atoms with van der Waals surface area (Å²) in [4.78, 5) is 11.8. The first-order valence-corrected chi connectivity index (χ1v) is 8.25. The molecule has 0 N–H and O–H groups in total. The lowest BCUT2D eigenvalue weighted by atomic mass is 10.2. The molecule has 0 aromatic heterocycles. The van der Waals surface area contributed by atoms with Gasteiger partial charge in [-0.1, -0.05) is 35.3 Å². The van der Waals surface area contributed by atoms with Gasteiger partial charge in [0.05, 0.1) is 17.2 Å². The number of carbonyl (C=O) groups excluding carboxylic acids is 1. The first-order valence-electron chi connectivity index (χ1n) is 7.50. The van der Waals surface area contributed by atoms with E-state index in [2.05, 4.69) is 0 Å². The zero-order valence-electron chi connectivity index (χ0n) is 13.9. The van der Waals surface area contributed by atoms with Crippen LogP contribution in [-0.4, -0.2) is 19.7 Å². The van der Waals surface area contributed by atoms with Gasteiger partial charge in [-0.05, 0) is 41.5 Å². The van der Waals surface area contributed by atoms with Crippen molar-refractivity contribution in [2.24, 2.45) is 0 Å². The van der Waals surface area contributed by atoms with Crippen molar-refractivity contribution in [3.8, 4) is 17.6 Å². The fourth-order valence-electron chi connectivity index (χ4n) is 2.01. The van der Waals surface area contributed by atoms with Crippen LogP contribution in [0.3, 0.4) is 0 Å².